The number of hydrogen-bond donors (Lipinski definition) is 0. The maximum atomic E-state index is 2.54. The van der Waals surface area contributed by atoms with Crippen LogP contribution in [0.2, 0.25) is 0 Å². The largest absolute Gasteiger partial charge is 0.250 e. The van der Waals surface area contributed by atoms with E-state index in [1.807, 2.05) is 0 Å². The topological polar surface area (TPSA) is 3.24 Å². The van der Waals surface area contributed by atoms with Crippen molar-refractivity contribution in [2.75, 3.05) is 13.1 Å². The summed E-state index contributed by atoms with van der Waals surface area (Å²) in [4.78, 5) is 0. The van der Waals surface area contributed by atoms with Crippen LogP contribution in [0, 0.1) is 0 Å². The van der Waals surface area contributed by atoms with Crippen LogP contribution < -0.4 is 0 Å². The summed E-state index contributed by atoms with van der Waals surface area (Å²) in [6.45, 7) is 2.70. The Morgan fingerprint density at radius 1 is 1.11 bits per heavy atom. The van der Waals surface area contributed by atoms with Crippen LogP contribution in [-0.2, 0) is 0 Å². The van der Waals surface area contributed by atoms with Gasteiger partial charge in [-0.05, 0) is 25.7 Å². The van der Waals surface area contributed by atoms with E-state index in [1.165, 1.54) is 38.8 Å². The first-order valence-electron chi connectivity index (χ1n) is 3.87. The second kappa shape index (κ2) is 2.51. The molecular formula is C7H13NS. The van der Waals surface area contributed by atoms with Crippen molar-refractivity contribution in [3.05, 3.63) is 0 Å². The van der Waals surface area contributed by atoms with Gasteiger partial charge in [0.15, 0.2) is 0 Å². The van der Waals surface area contributed by atoms with E-state index >= 15 is 0 Å². The molecule has 0 aromatic rings. The minimum Gasteiger partial charge on any atom is -0.250 e. The van der Waals surface area contributed by atoms with E-state index in [-0.39, 0.29) is 0 Å². The van der Waals surface area contributed by atoms with Gasteiger partial charge in [-0.15, -0.1) is 0 Å². The molecule has 0 N–H and O–H groups in total. The molecule has 2 rings (SSSR count). The van der Waals surface area contributed by atoms with Gasteiger partial charge in [-0.25, -0.2) is 0 Å². The van der Waals surface area contributed by atoms with Crippen molar-refractivity contribution in [1.29, 1.82) is 0 Å². The summed E-state index contributed by atoms with van der Waals surface area (Å²) in [5, 5.41) is 1.02. The highest BCUT2D eigenvalue weighted by atomic mass is 32.2. The lowest BCUT2D eigenvalue weighted by atomic mass is 10.4. The van der Waals surface area contributed by atoms with Crippen molar-refractivity contribution in [1.82, 2.24) is 4.31 Å². The molecule has 9 heavy (non-hydrogen) atoms. The van der Waals surface area contributed by atoms with E-state index in [9.17, 15) is 0 Å². The van der Waals surface area contributed by atoms with Crippen LogP contribution in [0.1, 0.15) is 25.7 Å². The molecular weight excluding hydrogens is 130 g/mol. The summed E-state index contributed by atoms with van der Waals surface area (Å²) in [6.07, 6.45) is 5.81. The molecule has 1 aliphatic carbocycles. The van der Waals surface area contributed by atoms with Gasteiger partial charge in [0.25, 0.3) is 0 Å². The first-order chi connectivity index (χ1) is 4.45. The molecule has 0 unspecified atom stereocenters. The molecule has 0 aromatic heterocycles. The predicted molar refractivity (Wildman–Crippen MR) is 41.4 cm³/mol. The molecule has 0 radical (unpaired) electrons. The molecule has 0 atom stereocenters. The van der Waals surface area contributed by atoms with Crippen molar-refractivity contribution in [2.24, 2.45) is 0 Å². The highest BCUT2D eigenvalue weighted by Crippen LogP contribution is 2.37. The summed E-state index contributed by atoms with van der Waals surface area (Å²) in [7, 11) is 0. The Morgan fingerprint density at radius 2 is 1.78 bits per heavy atom. The fraction of sp³-hybridized carbons (Fsp3) is 1.00. The van der Waals surface area contributed by atoms with Crippen LogP contribution in [0.5, 0.6) is 0 Å². The molecule has 1 heterocycles. The third-order valence-corrected chi connectivity index (χ3v) is 3.32. The van der Waals surface area contributed by atoms with Gasteiger partial charge in [0.2, 0.25) is 0 Å². The standard InChI is InChI=1S/C7H13NS/c1-2-6-8(5-1)9-7-3-4-7/h7H,1-6H2. The zero-order valence-electron chi connectivity index (χ0n) is 5.68. The van der Waals surface area contributed by atoms with Gasteiger partial charge in [-0.3, -0.25) is 4.31 Å². The zero-order valence-corrected chi connectivity index (χ0v) is 6.49. The third-order valence-electron chi connectivity index (χ3n) is 1.89. The van der Waals surface area contributed by atoms with E-state index in [0.717, 1.165) is 5.25 Å². The highest BCUT2D eigenvalue weighted by Gasteiger charge is 2.26. The monoisotopic (exact) mass is 143 g/mol. The van der Waals surface area contributed by atoms with Crippen LogP contribution >= 0.6 is 11.9 Å². The fourth-order valence-corrected chi connectivity index (χ4v) is 2.42. The van der Waals surface area contributed by atoms with Gasteiger partial charge in [0, 0.05) is 18.3 Å². The second-order valence-corrected chi connectivity index (χ2v) is 4.33. The van der Waals surface area contributed by atoms with Crippen LogP contribution in [0.3, 0.4) is 0 Å². The van der Waals surface area contributed by atoms with Crippen molar-refractivity contribution >= 4 is 11.9 Å². The number of hydrogen-bond acceptors (Lipinski definition) is 2. The highest BCUT2D eigenvalue weighted by molar-refractivity contribution is 7.97. The Labute approximate surface area is 60.9 Å². The molecule has 0 amide bonds. The smallest absolute Gasteiger partial charge is 0.0196 e. The van der Waals surface area contributed by atoms with Gasteiger partial charge in [-0.1, -0.05) is 11.9 Å². The molecule has 1 aliphatic heterocycles. The van der Waals surface area contributed by atoms with E-state index in [1.54, 1.807) is 0 Å². The van der Waals surface area contributed by atoms with Crippen LogP contribution in [0.4, 0.5) is 0 Å². The Hall–Kier alpha value is 0.310. The molecule has 52 valence electrons. The van der Waals surface area contributed by atoms with Gasteiger partial charge in [0.05, 0.1) is 0 Å². The lowest BCUT2D eigenvalue weighted by Crippen LogP contribution is -2.09. The third kappa shape index (κ3) is 1.62. The Bertz CT molecular complexity index is 95.1. The molecule has 1 saturated carbocycles. The molecule has 2 fully saturated rings. The zero-order chi connectivity index (χ0) is 6.10. The molecule has 1 nitrogen and oxygen atoms in total. The van der Waals surface area contributed by atoms with Crippen molar-refractivity contribution < 1.29 is 0 Å². The summed E-state index contributed by atoms with van der Waals surface area (Å²) in [6, 6.07) is 0. The van der Waals surface area contributed by atoms with Crippen molar-refractivity contribution in [2.45, 2.75) is 30.9 Å². The van der Waals surface area contributed by atoms with Crippen molar-refractivity contribution in [3.8, 4) is 0 Å². The van der Waals surface area contributed by atoms with E-state index in [2.05, 4.69) is 16.3 Å². The normalized spacial score (nSPS) is 29.3. The molecule has 0 spiro atoms. The Kier molecular flexibility index (Phi) is 1.68. The summed E-state index contributed by atoms with van der Waals surface area (Å²) in [5.74, 6) is 0. The van der Waals surface area contributed by atoms with Crippen molar-refractivity contribution in [3.63, 3.8) is 0 Å². The van der Waals surface area contributed by atoms with Gasteiger partial charge in [-0.2, -0.15) is 0 Å². The SMILES string of the molecule is C1CCN(SC2CC2)C1. The first kappa shape index (κ1) is 6.05. The van der Waals surface area contributed by atoms with Crippen LogP contribution in [0.25, 0.3) is 0 Å². The van der Waals surface area contributed by atoms with E-state index in [4.69, 9.17) is 0 Å². The maximum Gasteiger partial charge on any atom is 0.0196 e. The summed E-state index contributed by atoms with van der Waals surface area (Å²) in [5.41, 5.74) is 0. The minimum atomic E-state index is 1.02. The van der Waals surface area contributed by atoms with E-state index in [0.29, 0.717) is 0 Å². The predicted octanol–water partition coefficient (Wildman–Crippen LogP) is 1.89. The maximum absolute atomic E-state index is 2.54. The molecule has 2 aliphatic rings. The molecule has 1 saturated heterocycles. The summed E-state index contributed by atoms with van der Waals surface area (Å²) < 4.78 is 2.54. The number of rotatable bonds is 2. The Morgan fingerprint density at radius 3 is 2.33 bits per heavy atom. The molecule has 2 heteroatoms. The van der Waals surface area contributed by atoms with Gasteiger partial charge in [0.1, 0.15) is 0 Å². The first-order valence-corrected chi connectivity index (χ1v) is 4.70. The molecule has 0 aromatic carbocycles. The number of nitrogens with zero attached hydrogens (tertiary/aromatic N) is 1. The lowest BCUT2D eigenvalue weighted by Gasteiger charge is -2.11. The summed E-state index contributed by atoms with van der Waals surface area (Å²) >= 11 is 2.11. The van der Waals surface area contributed by atoms with Gasteiger partial charge >= 0.3 is 0 Å². The fourth-order valence-electron chi connectivity index (χ4n) is 1.18. The van der Waals surface area contributed by atoms with Crippen LogP contribution in [0.15, 0.2) is 0 Å². The lowest BCUT2D eigenvalue weighted by molar-refractivity contribution is 0.586. The van der Waals surface area contributed by atoms with Gasteiger partial charge < -0.3 is 0 Å². The second-order valence-electron chi connectivity index (χ2n) is 2.94. The quantitative estimate of drug-likeness (QED) is 0.543. The minimum absolute atomic E-state index is 1.02. The Balaban J connectivity index is 1.70. The van der Waals surface area contributed by atoms with E-state index < -0.39 is 0 Å². The average molecular weight is 143 g/mol. The average Bonchev–Trinajstić information content (AvgIpc) is 2.46. The van der Waals surface area contributed by atoms with Crippen LogP contribution in [-0.4, -0.2) is 22.6 Å². The molecule has 0 bridgehead atoms.